The molecule has 1 heterocycles. The summed E-state index contributed by atoms with van der Waals surface area (Å²) in [5.74, 6) is 0.194. The number of epoxide rings is 1. The molecule has 0 bridgehead atoms. The zero-order valence-electron chi connectivity index (χ0n) is 16.2. The number of hydrogen-bond acceptors (Lipinski definition) is 3. The molecular weight excluding hydrogens is 300 g/mol. The number of ether oxygens (including phenoxy) is 2. The van der Waals surface area contributed by atoms with E-state index in [4.69, 9.17) is 9.47 Å². The lowest BCUT2D eigenvalue weighted by atomic mass is 9.94. The Morgan fingerprint density at radius 3 is 2.08 bits per heavy atom. The molecule has 0 N–H and O–H groups in total. The monoisotopic (exact) mass is 340 g/mol. The number of carbonyl (C=O) groups excluding carboxylic acids is 1. The van der Waals surface area contributed by atoms with Gasteiger partial charge in [0, 0.05) is 0 Å². The number of hydrogen-bond donors (Lipinski definition) is 0. The van der Waals surface area contributed by atoms with Crippen LogP contribution in [0.2, 0.25) is 0 Å². The van der Waals surface area contributed by atoms with Gasteiger partial charge in [-0.1, -0.05) is 71.6 Å². The Morgan fingerprint density at radius 2 is 1.50 bits per heavy atom. The highest BCUT2D eigenvalue weighted by molar-refractivity contribution is 5.72. The normalized spacial score (nSPS) is 17.7. The van der Waals surface area contributed by atoms with Gasteiger partial charge in [-0.2, -0.15) is 0 Å². The summed E-state index contributed by atoms with van der Waals surface area (Å²) in [4.78, 5) is 12.4. The molecule has 3 nitrogen and oxygen atoms in total. The molecule has 2 atom stereocenters. The third-order valence-electron chi connectivity index (χ3n) is 4.96. The SMILES string of the molecule is CCCCCCCC(CCCCCC)C(=O)OCCCCC1CO1. The molecule has 0 aromatic heterocycles. The first-order valence-electron chi connectivity index (χ1n) is 10.6. The topological polar surface area (TPSA) is 38.8 Å². The predicted molar refractivity (Wildman–Crippen MR) is 100 cm³/mol. The first-order chi connectivity index (χ1) is 11.8. The third-order valence-corrected chi connectivity index (χ3v) is 4.96. The second-order valence-electron chi connectivity index (χ2n) is 7.37. The van der Waals surface area contributed by atoms with Crippen molar-refractivity contribution in [2.45, 2.75) is 110 Å². The fraction of sp³-hybridized carbons (Fsp3) is 0.952. The minimum atomic E-state index is 0.0599. The summed E-state index contributed by atoms with van der Waals surface area (Å²) in [6.07, 6.45) is 17.0. The van der Waals surface area contributed by atoms with Crippen molar-refractivity contribution in [2.24, 2.45) is 5.92 Å². The van der Waals surface area contributed by atoms with E-state index < -0.39 is 0 Å². The Hall–Kier alpha value is -0.570. The fourth-order valence-corrected chi connectivity index (χ4v) is 3.19. The fourth-order valence-electron chi connectivity index (χ4n) is 3.19. The van der Waals surface area contributed by atoms with E-state index in [0.29, 0.717) is 12.7 Å². The highest BCUT2D eigenvalue weighted by Gasteiger charge is 2.22. The van der Waals surface area contributed by atoms with Gasteiger partial charge in [0.2, 0.25) is 0 Å². The van der Waals surface area contributed by atoms with Crippen LogP contribution in [0.3, 0.4) is 0 Å². The second-order valence-corrected chi connectivity index (χ2v) is 7.37. The average Bonchev–Trinajstić information content (AvgIpc) is 3.40. The second kappa shape index (κ2) is 14.7. The first kappa shape index (κ1) is 21.5. The zero-order valence-corrected chi connectivity index (χ0v) is 16.2. The summed E-state index contributed by atoms with van der Waals surface area (Å²) in [6.45, 7) is 5.99. The van der Waals surface area contributed by atoms with Crippen molar-refractivity contribution in [3.8, 4) is 0 Å². The van der Waals surface area contributed by atoms with Crippen LogP contribution in [0.15, 0.2) is 0 Å². The molecule has 3 heteroatoms. The summed E-state index contributed by atoms with van der Waals surface area (Å²) in [5, 5.41) is 0. The van der Waals surface area contributed by atoms with Crippen LogP contribution < -0.4 is 0 Å². The lowest BCUT2D eigenvalue weighted by Crippen LogP contribution is -2.18. The summed E-state index contributed by atoms with van der Waals surface area (Å²) in [7, 11) is 0. The maximum Gasteiger partial charge on any atom is 0.308 e. The Bertz CT molecular complexity index is 299. The van der Waals surface area contributed by atoms with Crippen LogP contribution in [0.25, 0.3) is 0 Å². The van der Waals surface area contributed by atoms with Crippen molar-refractivity contribution in [2.75, 3.05) is 13.2 Å². The Labute approximate surface area is 149 Å². The molecule has 0 radical (unpaired) electrons. The van der Waals surface area contributed by atoms with Gasteiger partial charge in [0.05, 0.1) is 25.2 Å². The number of carbonyl (C=O) groups is 1. The summed E-state index contributed by atoms with van der Waals surface area (Å²) in [6, 6.07) is 0. The number of rotatable bonds is 17. The Balaban J connectivity index is 2.15. The lowest BCUT2D eigenvalue weighted by Gasteiger charge is -2.16. The van der Waals surface area contributed by atoms with Crippen LogP contribution in [0.4, 0.5) is 0 Å². The molecular formula is C21H40O3. The quantitative estimate of drug-likeness (QED) is 0.184. The van der Waals surface area contributed by atoms with Gasteiger partial charge in [0.25, 0.3) is 0 Å². The van der Waals surface area contributed by atoms with Crippen molar-refractivity contribution in [1.82, 2.24) is 0 Å². The Kier molecular flexibility index (Phi) is 13.2. The van der Waals surface area contributed by atoms with Crippen LogP contribution in [-0.2, 0) is 14.3 Å². The Morgan fingerprint density at radius 1 is 0.917 bits per heavy atom. The average molecular weight is 341 g/mol. The molecule has 1 saturated heterocycles. The van der Waals surface area contributed by atoms with Gasteiger partial charge in [-0.3, -0.25) is 4.79 Å². The molecule has 0 aromatic rings. The molecule has 0 amide bonds. The molecule has 2 unspecified atom stereocenters. The predicted octanol–water partition coefficient (Wildman–Crippen LogP) is 6.05. The summed E-state index contributed by atoms with van der Waals surface area (Å²) >= 11 is 0. The van der Waals surface area contributed by atoms with Gasteiger partial charge in [-0.25, -0.2) is 0 Å². The van der Waals surface area contributed by atoms with Gasteiger partial charge in [0.1, 0.15) is 0 Å². The van der Waals surface area contributed by atoms with E-state index in [9.17, 15) is 4.79 Å². The van der Waals surface area contributed by atoms with Crippen molar-refractivity contribution in [3.05, 3.63) is 0 Å². The lowest BCUT2D eigenvalue weighted by molar-refractivity contribution is -0.149. The molecule has 0 aromatic carbocycles. The summed E-state index contributed by atoms with van der Waals surface area (Å²) < 4.78 is 10.8. The largest absolute Gasteiger partial charge is 0.465 e. The molecule has 1 aliphatic rings. The smallest absolute Gasteiger partial charge is 0.308 e. The van der Waals surface area contributed by atoms with Crippen molar-refractivity contribution >= 4 is 5.97 Å². The van der Waals surface area contributed by atoms with Crippen LogP contribution in [-0.4, -0.2) is 25.3 Å². The van der Waals surface area contributed by atoms with Crippen molar-refractivity contribution in [1.29, 1.82) is 0 Å². The molecule has 0 saturated carbocycles. The molecule has 24 heavy (non-hydrogen) atoms. The van der Waals surface area contributed by atoms with Crippen molar-refractivity contribution < 1.29 is 14.3 Å². The van der Waals surface area contributed by atoms with Crippen molar-refractivity contribution in [3.63, 3.8) is 0 Å². The van der Waals surface area contributed by atoms with E-state index in [1.165, 1.54) is 57.8 Å². The molecule has 1 aliphatic heterocycles. The van der Waals surface area contributed by atoms with Gasteiger partial charge < -0.3 is 9.47 Å². The minimum Gasteiger partial charge on any atom is -0.465 e. The third kappa shape index (κ3) is 11.9. The van der Waals surface area contributed by atoms with Crippen LogP contribution in [0, 0.1) is 5.92 Å². The van der Waals surface area contributed by atoms with Crippen LogP contribution in [0.5, 0.6) is 0 Å². The minimum absolute atomic E-state index is 0.0599. The van der Waals surface area contributed by atoms with Gasteiger partial charge in [-0.15, -0.1) is 0 Å². The van der Waals surface area contributed by atoms with Gasteiger partial charge >= 0.3 is 5.97 Å². The van der Waals surface area contributed by atoms with E-state index >= 15 is 0 Å². The molecule has 142 valence electrons. The van der Waals surface area contributed by atoms with E-state index in [0.717, 1.165) is 38.7 Å². The molecule has 0 spiro atoms. The first-order valence-corrected chi connectivity index (χ1v) is 10.6. The van der Waals surface area contributed by atoms with E-state index in [2.05, 4.69) is 13.8 Å². The highest BCUT2D eigenvalue weighted by Crippen LogP contribution is 2.21. The maximum atomic E-state index is 12.4. The standard InChI is InChI=1S/C21H40O3/c1-3-5-7-9-11-15-19(14-10-8-6-4-2)21(22)23-17-13-12-16-20-18-24-20/h19-20H,3-18H2,1-2H3. The van der Waals surface area contributed by atoms with E-state index in [-0.39, 0.29) is 11.9 Å². The number of unbranched alkanes of at least 4 members (excludes halogenated alkanes) is 8. The zero-order chi connectivity index (χ0) is 17.5. The highest BCUT2D eigenvalue weighted by atomic mass is 16.6. The molecule has 0 aliphatic carbocycles. The summed E-state index contributed by atoms with van der Waals surface area (Å²) in [5.41, 5.74) is 0. The van der Waals surface area contributed by atoms with E-state index in [1.807, 2.05) is 0 Å². The molecule has 1 fully saturated rings. The van der Waals surface area contributed by atoms with Gasteiger partial charge in [0.15, 0.2) is 0 Å². The number of esters is 1. The molecule has 1 rings (SSSR count). The maximum absolute atomic E-state index is 12.4. The van der Waals surface area contributed by atoms with E-state index in [1.54, 1.807) is 0 Å². The van der Waals surface area contributed by atoms with Gasteiger partial charge in [-0.05, 0) is 32.1 Å². The van der Waals surface area contributed by atoms with Crippen LogP contribution >= 0.6 is 0 Å². The van der Waals surface area contributed by atoms with Crippen LogP contribution in [0.1, 0.15) is 104 Å².